The molecule has 2 N–H and O–H groups in total. The van der Waals surface area contributed by atoms with Crippen LogP contribution in [0.4, 0.5) is 11.4 Å². The smallest absolute Gasteiger partial charge is 0.266 e. The van der Waals surface area contributed by atoms with Crippen molar-refractivity contribution < 1.29 is 19.1 Å². The molecule has 9 nitrogen and oxygen atoms in total. The molecule has 0 aliphatic carbocycles. The molecule has 3 aromatic rings. The number of fused-ring (bicyclic) bond motifs is 1. The lowest BCUT2D eigenvalue weighted by Crippen LogP contribution is -2.29. The standard InChI is InChI=1S/C21H18N4O5S/c1-25-20(28)15(19(27)24-13-5-3-2-4-6-13)10-22-21(25)31-11-18(26)23-14-7-8-16-17(9-14)30-12-29-16/h2-10H,11-12H2,1H3,(H,23,26)(H,24,27). The molecule has 1 aliphatic rings. The van der Waals surface area contributed by atoms with E-state index >= 15 is 0 Å². The number of carbonyl (C=O) groups excluding carboxylic acids is 2. The number of carbonyl (C=O) groups is 2. The Bertz CT molecular complexity index is 1200. The lowest BCUT2D eigenvalue weighted by molar-refractivity contribution is -0.113. The van der Waals surface area contributed by atoms with Gasteiger partial charge < -0.3 is 20.1 Å². The number of thioether (sulfide) groups is 1. The summed E-state index contributed by atoms with van der Waals surface area (Å²) in [6.07, 6.45) is 1.22. The van der Waals surface area contributed by atoms with Crippen molar-refractivity contribution in [2.75, 3.05) is 23.2 Å². The van der Waals surface area contributed by atoms with Crippen LogP contribution in [0.3, 0.4) is 0 Å². The summed E-state index contributed by atoms with van der Waals surface area (Å²) in [5.41, 5.74) is 0.570. The van der Waals surface area contributed by atoms with Crippen LogP contribution in [0.5, 0.6) is 11.5 Å². The molecular weight excluding hydrogens is 420 g/mol. The van der Waals surface area contributed by atoms with E-state index in [0.717, 1.165) is 11.8 Å². The SMILES string of the molecule is Cn1c(SCC(=O)Nc2ccc3c(c2)OCO3)ncc(C(=O)Nc2ccccc2)c1=O. The van der Waals surface area contributed by atoms with Crippen LogP contribution >= 0.6 is 11.8 Å². The number of nitrogens with one attached hydrogen (secondary N) is 2. The second kappa shape index (κ2) is 8.92. The van der Waals surface area contributed by atoms with E-state index in [1.165, 1.54) is 17.8 Å². The lowest BCUT2D eigenvalue weighted by Gasteiger charge is -2.10. The molecule has 2 aromatic carbocycles. The number of nitrogens with zero attached hydrogens (tertiary/aromatic N) is 2. The zero-order chi connectivity index (χ0) is 21.8. The van der Waals surface area contributed by atoms with Gasteiger partial charge in [-0.25, -0.2) is 4.98 Å². The van der Waals surface area contributed by atoms with Crippen LogP contribution < -0.4 is 25.7 Å². The first-order valence-corrected chi connectivity index (χ1v) is 10.2. The minimum Gasteiger partial charge on any atom is -0.454 e. The summed E-state index contributed by atoms with van der Waals surface area (Å²) in [4.78, 5) is 41.4. The molecule has 10 heteroatoms. The second-order valence-corrected chi connectivity index (χ2v) is 7.49. The summed E-state index contributed by atoms with van der Waals surface area (Å²) in [6, 6.07) is 13.9. The van der Waals surface area contributed by atoms with Gasteiger partial charge in [0.1, 0.15) is 5.56 Å². The first-order valence-electron chi connectivity index (χ1n) is 9.26. The van der Waals surface area contributed by atoms with Gasteiger partial charge in [0.05, 0.1) is 5.75 Å². The van der Waals surface area contributed by atoms with E-state index in [9.17, 15) is 14.4 Å². The maximum Gasteiger partial charge on any atom is 0.266 e. The maximum atomic E-state index is 12.6. The van der Waals surface area contributed by atoms with Crippen LogP contribution in [0, 0.1) is 0 Å². The first-order chi connectivity index (χ1) is 15.0. The third-order valence-corrected chi connectivity index (χ3v) is 5.44. The van der Waals surface area contributed by atoms with Gasteiger partial charge in [-0.15, -0.1) is 0 Å². The van der Waals surface area contributed by atoms with Gasteiger partial charge in [-0.2, -0.15) is 0 Å². The summed E-state index contributed by atoms with van der Waals surface area (Å²) in [5.74, 6) is 0.409. The van der Waals surface area contributed by atoms with Crippen molar-refractivity contribution in [1.29, 1.82) is 0 Å². The van der Waals surface area contributed by atoms with E-state index in [0.29, 0.717) is 28.0 Å². The minimum absolute atomic E-state index is 0.0320. The van der Waals surface area contributed by atoms with Gasteiger partial charge in [0.25, 0.3) is 11.5 Å². The third-order valence-electron chi connectivity index (χ3n) is 4.39. The Morgan fingerprint density at radius 2 is 1.84 bits per heavy atom. The number of benzene rings is 2. The van der Waals surface area contributed by atoms with Crippen molar-refractivity contribution in [3.8, 4) is 11.5 Å². The largest absolute Gasteiger partial charge is 0.454 e. The Kier molecular flexibility index (Phi) is 5.89. The molecular formula is C21H18N4O5S. The molecule has 31 heavy (non-hydrogen) atoms. The quantitative estimate of drug-likeness (QED) is 0.449. The molecule has 1 aliphatic heterocycles. The summed E-state index contributed by atoms with van der Waals surface area (Å²) < 4.78 is 11.8. The van der Waals surface area contributed by atoms with Gasteiger partial charge in [-0.1, -0.05) is 30.0 Å². The number of rotatable bonds is 6. The monoisotopic (exact) mass is 438 g/mol. The Morgan fingerprint density at radius 3 is 2.65 bits per heavy atom. The minimum atomic E-state index is -0.545. The van der Waals surface area contributed by atoms with Gasteiger partial charge in [-0.3, -0.25) is 19.0 Å². The van der Waals surface area contributed by atoms with Crippen LogP contribution in [0.15, 0.2) is 64.7 Å². The number of amides is 2. The van der Waals surface area contributed by atoms with E-state index < -0.39 is 11.5 Å². The normalized spacial score (nSPS) is 11.8. The average Bonchev–Trinajstić information content (AvgIpc) is 3.23. The fraction of sp³-hybridized carbons (Fsp3) is 0.143. The zero-order valence-electron chi connectivity index (χ0n) is 16.5. The Labute approximate surface area is 181 Å². The number of hydrogen-bond acceptors (Lipinski definition) is 7. The molecule has 1 aromatic heterocycles. The molecule has 0 fully saturated rings. The molecule has 0 radical (unpaired) electrons. The van der Waals surface area contributed by atoms with E-state index in [1.807, 2.05) is 6.07 Å². The van der Waals surface area contributed by atoms with E-state index in [-0.39, 0.29) is 24.0 Å². The van der Waals surface area contributed by atoms with E-state index in [4.69, 9.17) is 9.47 Å². The van der Waals surface area contributed by atoms with Crippen molar-refractivity contribution in [2.45, 2.75) is 5.16 Å². The van der Waals surface area contributed by atoms with Crippen molar-refractivity contribution in [1.82, 2.24) is 9.55 Å². The van der Waals surface area contributed by atoms with Crippen molar-refractivity contribution in [3.63, 3.8) is 0 Å². The number of para-hydroxylation sites is 1. The van der Waals surface area contributed by atoms with Crippen LogP contribution in [0.1, 0.15) is 10.4 Å². The highest BCUT2D eigenvalue weighted by Gasteiger charge is 2.17. The molecule has 0 spiro atoms. The molecule has 2 heterocycles. The predicted molar refractivity (Wildman–Crippen MR) is 116 cm³/mol. The summed E-state index contributed by atoms with van der Waals surface area (Å²) in [6.45, 7) is 0.154. The molecule has 0 unspecified atom stereocenters. The summed E-state index contributed by atoms with van der Waals surface area (Å²) >= 11 is 1.09. The zero-order valence-corrected chi connectivity index (χ0v) is 17.3. The second-order valence-electron chi connectivity index (χ2n) is 6.54. The summed E-state index contributed by atoms with van der Waals surface area (Å²) in [5, 5.41) is 5.74. The number of anilines is 2. The first kappa shape index (κ1) is 20.5. The maximum absolute atomic E-state index is 12.6. The van der Waals surface area contributed by atoms with Crippen molar-refractivity contribution >= 4 is 35.0 Å². The van der Waals surface area contributed by atoms with Gasteiger partial charge in [0, 0.05) is 30.7 Å². The van der Waals surface area contributed by atoms with Gasteiger partial charge >= 0.3 is 0 Å². The Balaban J connectivity index is 1.38. The average molecular weight is 438 g/mol. The fourth-order valence-electron chi connectivity index (χ4n) is 2.84. The van der Waals surface area contributed by atoms with Crippen LogP contribution in [0.25, 0.3) is 0 Å². The molecule has 0 saturated heterocycles. The highest BCUT2D eigenvalue weighted by molar-refractivity contribution is 7.99. The van der Waals surface area contributed by atoms with E-state index in [2.05, 4.69) is 15.6 Å². The predicted octanol–water partition coefficient (Wildman–Crippen LogP) is 2.49. The summed E-state index contributed by atoms with van der Waals surface area (Å²) in [7, 11) is 1.51. The number of ether oxygens (including phenoxy) is 2. The fourth-order valence-corrected chi connectivity index (χ4v) is 3.58. The molecule has 0 saturated carbocycles. The van der Waals surface area contributed by atoms with Gasteiger partial charge in [0.15, 0.2) is 16.7 Å². The molecule has 4 rings (SSSR count). The van der Waals surface area contributed by atoms with E-state index in [1.54, 1.807) is 42.5 Å². The van der Waals surface area contributed by atoms with Crippen molar-refractivity contribution in [3.05, 3.63) is 70.6 Å². The van der Waals surface area contributed by atoms with Crippen molar-refractivity contribution in [2.24, 2.45) is 7.05 Å². The number of hydrogen-bond donors (Lipinski definition) is 2. The van der Waals surface area contributed by atoms with Gasteiger partial charge in [-0.05, 0) is 24.3 Å². The van der Waals surface area contributed by atoms with Crippen LogP contribution in [-0.4, -0.2) is 33.9 Å². The molecule has 2 amide bonds. The van der Waals surface area contributed by atoms with Crippen LogP contribution in [-0.2, 0) is 11.8 Å². The third kappa shape index (κ3) is 4.69. The lowest BCUT2D eigenvalue weighted by atomic mass is 10.2. The molecule has 0 bridgehead atoms. The van der Waals surface area contributed by atoms with Gasteiger partial charge in [0.2, 0.25) is 12.7 Å². The molecule has 0 atom stereocenters. The topological polar surface area (TPSA) is 112 Å². The number of aromatic nitrogens is 2. The molecule has 158 valence electrons. The Hall–Kier alpha value is -3.79. The Morgan fingerprint density at radius 1 is 1.06 bits per heavy atom. The highest BCUT2D eigenvalue weighted by atomic mass is 32.2. The highest BCUT2D eigenvalue weighted by Crippen LogP contribution is 2.34. The van der Waals surface area contributed by atoms with Crippen LogP contribution in [0.2, 0.25) is 0 Å².